The van der Waals surface area contributed by atoms with Crippen LogP contribution in [0.5, 0.6) is 0 Å². The summed E-state index contributed by atoms with van der Waals surface area (Å²) in [7, 11) is 0. The predicted molar refractivity (Wildman–Crippen MR) is 65.0 cm³/mol. The maximum absolute atomic E-state index is 11.7. The number of H-pyrrole nitrogens is 1. The van der Waals surface area contributed by atoms with E-state index in [2.05, 4.69) is 11.6 Å². The summed E-state index contributed by atoms with van der Waals surface area (Å²) in [6, 6.07) is 8.76. The number of carbonyl (C=O) groups is 1. The van der Waals surface area contributed by atoms with Gasteiger partial charge in [-0.3, -0.25) is 4.79 Å². The third-order valence-electron chi connectivity index (χ3n) is 2.31. The number of aromatic nitrogens is 1. The smallest absolute Gasteiger partial charge is 0.344 e. The summed E-state index contributed by atoms with van der Waals surface area (Å²) < 4.78 is 4.83. The zero-order valence-corrected chi connectivity index (χ0v) is 9.10. The molecule has 1 N–H and O–H groups in total. The second-order valence-corrected chi connectivity index (χ2v) is 3.49. The van der Waals surface area contributed by atoms with Gasteiger partial charge in [-0.2, -0.15) is 0 Å². The lowest BCUT2D eigenvalue weighted by atomic mass is 10.1. The van der Waals surface area contributed by atoms with Crippen molar-refractivity contribution in [2.45, 2.75) is 0 Å². The summed E-state index contributed by atoms with van der Waals surface area (Å²) >= 11 is 0. The molecular weight excluding hydrogens is 218 g/mol. The van der Waals surface area contributed by atoms with E-state index in [9.17, 15) is 9.59 Å². The number of aromatic amines is 1. The number of rotatable bonds is 3. The minimum absolute atomic E-state index is 0.00514. The van der Waals surface area contributed by atoms with Gasteiger partial charge in [-0.05, 0) is 17.5 Å². The Bertz CT molecular complexity index is 628. The lowest BCUT2D eigenvalue weighted by molar-refractivity contribution is 0.0548. The fourth-order valence-corrected chi connectivity index (χ4v) is 1.51. The van der Waals surface area contributed by atoms with Crippen LogP contribution in [0.1, 0.15) is 10.4 Å². The summed E-state index contributed by atoms with van der Waals surface area (Å²) in [5.74, 6) is -0.642. The lowest BCUT2D eigenvalue weighted by Gasteiger charge is -2.02. The van der Waals surface area contributed by atoms with Gasteiger partial charge in [-0.25, -0.2) is 4.79 Å². The van der Waals surface area contributed by atoms with Gasteiger partial charge in [0.15, 0.2) is 0 Å². The molecule has 0 saturated heterocycles. The fraction of sp³-hybridized carbons (Fsp3) is 0.0769. The third-order valence-corrected chi connectivity index (χ3v) is 2.31. The molecule has 1 heterocycles. The molecule has 4 nitrogen and oxygen atoms in total. The van der Waals surface area contributed by atoms with Crippen LogP contribution in [0.3, 0.4) is 0 Å². The SMILES string of the molecule is C=CCOC(=O)c1cc2ccccc2[nH]c1=O. The maximum Gasteiger partial charge on any atom is 0.344 e. The summed E-state index contributed by atoms with van der Waals surface area (Å²) in [4.78, 5) is 25.9. The van der Waals surface area contributed by atoms with E-state index in [0.717, 1.165) is 5.39 Å². The third kappa shape index (κ3) is 2.25. The fourth-order valence-electron chi connectivity index (χ4n) is 1.51. The Hall–Kier alpha value is -2.36. The Morgan fingerprint density at radius 1 is 1.41 bits per heavy atom. The average Bonchev–Trinajstić information content (AvgIpc) is 2.35. The van der Waals surface area contributed by atoms with Crippen LogP contribution < -0.4 is 5.56 Å². The van der Waals surface area contributed by atoms with E-state index >= 15 is 0 Å². The van der Waals surface area contributed by atoms with Crippen molar-refractivity contribution in [2.24, 2.45) is 0 Å². The molecule has 2 aromatic rings. The van der Waals surface area contributed by atoms with E-state index in [1.807, 2.05) is 18.2 Å². The number of para-hydroxylation sites is 1. The van der Waals surface area contributed by atoms with E-state index in [4.69, 9.17) is 4.74 Å². The first kappa shape index (κ1) is 11.1. The van der Waals surface area contributed by atoms with Crippen molar-refractivity contribution in [3.05, 3.63) is 58.9 Å². The van der Waals surface area contributed by atoms with E-state index in [-0.39, 0.29) is 12.2 Å². The number of esters is 1. The van der Waals surface area contributed by atoms with Gasteiger partial charge in [0, 0.05) is 5.52 Å². The summed E-state index contributed by atoms with van der Waals surface area (Å²) in [5, 5.41) is 0.789. The Morgan fingerprint density at radius 2 is 2.18 bits per heavy atom. The highest BCUT2D eigenvalue weighted by atomic mass is 16.5. The van der Waals surface area contributed by atoms with E-state index in [1.165, 1.54) is 12.1 Å². The van der Waals surface area contributed by atoms with Crippen molar-refractivity contribution >= 4 is 16.9 Å². The van der Waals surface area contributed by atoms with Crippen molar-refractivity contribution in [1.29, 1.82) is 0 Å². The molecule has 0 aliphatic rings. The lowest BCUT2D eigenvalue weighted by Crippen LogP contribution is -2.19. The molecule has 0 aliphatic heterocycles. The van der Waals surface area contributed by atoms with Gasteiger partial charge in [-0.15, -0.1) is 0 Å². The van der Waals surface area contributed by atoms with Gasteiger partial charge in [0.05, 0.1) is 0 Å². The molecule has 1 aromatic heterocycles. The van der Waals surface area contributed by atoms with Crippen molar-refractivity contribution in [3.63, 3.8) is 0 Å². The summed E-state index contributed by atoms with van der Waals surface area (Å²) in [6.45, 7) is 3.52. The number of hydrogen-bond donors (Lipinski definition) is 1. The maximum atomic E-state index is 11.7. The van der Waals surface area contributed by atoms with Crippen molar-refractivity contribution < 1.29 is 9.53 Å². The van der Waals surface area contributed by atoms with E-state index < -0.39 is 11.5 Å². The molecule has 17 heavy (non-hydrogen) atoms. The average molecular weight is 229 g/mol. The second kappa shape index (κ2) is 4.65. The van der Waals surface area contributed by atoms with Gasteiger partial charge in [0.25, 0.3) is 5.56 Å². The molecule has 0 radical (unpaired) electrons. The molecule has 0 amide bonds. The monoisotopic (exact) mass is 229 g/mol. The van der Waals surface area contributed by atoms with Gasteiger partial charge in [-0.1, -0.05) is 30.9 Å². The number of fused-ring (bicyclic) bond motifs is 1. The predicted octanol–water partition coefficient (Wildman–Crippen LogP) is 1.87. The van der Waals surface area contributed by atoms with Gasteiger partial charge >= 0.3 is 5.97 Å². The van der Waals surface area contributed by atoms with E-state index in [0.29, 0.717) is 5.52 Å². The van der Waals surface area contributed by atoms with Crippen LogP contribution in [0.2, 0.25) is 0 Å². The zero-order chi connectivity index (χ0) is 12.3. The molecule has 4 heteroatoms. The van der Waals surface area contributed by atoms with E-state index in [1.54, 1.807) is 6.07 Å². The largest absolute Gasteiger partial charge is 0.458 e. The van der Waals surface area contributed by atoms with Gasteiger partial charge in [0.1, 0.15) is 12.2 Å². The van der Waals surface area contributed by atoms with Crippen molar-refractivity contribution in [3.8, 4) is 0 Å². The van der Waals surface area contributed by atoms with Gasteiger partial charge in [0.2, 0.25) is 0 Å². The molecule has 0 fully saturated rings. The minimum Gasteiger partial charge on any atom is -0.458 e. The molecule has 0 unspecified atom stereocenters. The van der Waals surface area contributed by atoms with Crippen molar-refractivity contribution in [2.75, 3.05) is 6.61 Å². The van der Waals surface area contributed by atoms with Crippen LogP contribution in [0.15, 0.2) is 47.8 Å². The number of pyridine rings is 1. The van der Waals surface area contributed by atoms with Crippen LogP contribution in [-0.2, 0) is 4.74 Å². The molecule has 0 saturated carbocycles. The number of carbonyl (C=O) groups excluding carboxylic acids is 1. The minimum atomic E-state index is -0.642. The number of ether oxygens (including phenoxy) is 1. The summed E-state index contributed by atoms with van der Waals surface area (Å²) in [6.07, 6.45) is 1.45. The highest BCUT2D eigenvalue weighted by Gasteiger charge is 2.12. The van der Waals surface area contributed by atoms with Gasteiger partial charge < -0.3 is 9.72 Å². The summed E-state index contributed by atoms with van der Waals surface area (Å²) in [5.41, 5.74) is 0.251. The van der Waals surface area contributed by atoms with Crippen LogP contribution >= 0.6 is 0 Å². The highest BCUT2D eigenvalue weighted by Crippen LogP contribution is 2.10. The Labute approximate surface area is 97.5 Å². The molecule has 2 rings (SSSR count). The standard InChI is InChI=1S/C13H11NO3/c1-2-7-17-13(16)10-8-9-5-3-4-6-11(9)14-12(10)15/h2-6,8H,1,7H2,(H,14,15). The van der Waals surface area contributed by atoms with Crippen LogP contribution in [0, 0.1) is 0 Å². The molecule has 0 aliphatic carbocycles. The molecule has 0 spiro atoms. The number of hydrogen-bond acceptors (Lipinski definition) is 3. The first-order chi connectivity index (χ1) is 8.22. The van der Waals surface area contributed by atoms with Crippen LogP contribution in [0.25, 0.3) is 10.9 Å². The Morgan fingerprint density at radius 3 is 2.94 bits per heavy atom. The highest BCUT2D eigenvalue weighted by molar-refractivity contribution is 5.93. The molecule has 86 valence electrons. The Kier molecular flexibility index (Phi) is 3.05. The first-order valence-corrected chi connectivity index (χ1v) is 5.12. The molecular formula is C13H11NO3. The van der Waals surface area contributed by atoms with Crippen LogP contribution in [0.4, 0.5) is 0 Å². The Balaban J connectivity index is 2.47. The second-order valence-electron chi connectivity index (χ2n) is 3.49. The van der Waals surface area contributed by atoms with Crippen molar-refractivity contribution in [1.82, 2.24) is 4.98 Å². The number of benzene rings is 1. The van der Waals surface area contributed by atoms with Crippen LogP contribution in [-0.4, -0.2) is 17.6 Å². The quantitative estimate of drug-likeness (QED) is 0.645. The molecule has 1 aromatic carbocycles. The molecule has 0 bridgehead atoms. The topological polar surface area (TPSA) is 59.2 Å². The molecule has 0 atom stereocenters. The number of nitrogens with one attached hydrogen (secondary N) is 1. The first-order valence-electron chi connectivity index (χ1n) is 5.12. The normalized spacial score (nSPS) is 10.1. The zero-order valence-electron chi connectivity index (χ0n) is 9.10.